The molecule has 1 N–H and O–H groups in total. The molecular formula is C84H148NO8+. The first-order valence-corrected chi connectivity index (χ1v) is 39.1. The van der Waals surface area contributed by atoms with Gasteiger partial charge in [-0.3, -0.25) is 9.59 Å². The van der Waals surface area contributed by atoms with Gasteiger partial charge in [0.2, 0.25) is 0 Å². The fourth-order valence-electron chi connectivity index (χ4n) is 11.1. The summed E-state index contributed by atoms with van der Waals surface area (Å²) in [6.07, 6.45) is 101. The minimum Gasteiger partial charge on any atom is -0.477 e. The van der Waals surface area contributed by atoms with Crippen LogP contribution in [0.3, 0.4) is 0 Å². The molecule has 2 unspecified atom stereocenters. The zero-order chi connectivity index (χ0) is 67.5. The van der Waals surface area contributed by atoms with Gasteiger partial charge < -0.3 is 28.5 Å². The number of ether oxygens (including phenoxy) is 4. The third kappa shape index (κ3) is 75.2. The van der Waals surface area contributed by atoms with Gasteiger partial charge in [0.25, 0.3) is 6.29 Å². The Morgan fingerprint density at radius 1 is 0.333 bits per heavy atom. The highest BCUT2D eigenvalue weighted by atomic mass is 16.7. The fourth-order valence-corrected chi connectivity index (χ4v) is 11.1. The van der Waals surface area contributed by atoms with E-state index in [1.807, 2.05) is 21.1 Å². The quantitative estimate of drug-likeness (QED) is 0.0211. The van der Waals surface area contributed by atoms with E-state index >= 15 is 0 Å². The standard InChI is InChI=1S/C84H147NO8/c1-6-8-10-12-14-16-18-20-22-24-26-28-30-32-34-36-38-40-41-43-44-46-48-50-52-54-56-58-60-62-64-66-68-70-72-74-81(86)91-78-80(79-92-84(83(88)89)90-77-76-85(3,4)5)93-82(87)75-73-71-69-67-65-63-61-59-57-55-53-51-49-47-45-42-39-37-35-33-31-29-27-25-23-21-19-17-15-13-11-9-7-2/h9,11,15,17-18,20-21,23-24,26-27,29,33,35,39,42,47,49,80,84H,6-8,10,12-14,16,19,22,25,28,30-32,34,36-38,40-41,43-46,48,50-79H2,1-5H3/p+1/b11-9-,17-15-,20-18-,23-21-,26-24-,29-27-,35-33-,42-39-,49-47-. The van der Waals surface area contributed by atoms with Crippen molar-refractivity contribution in [3.8, 4) is 0 Å². The van der Waals surface area contributed by atoms with Gasteiger partial charge in [0.1, 0.15) is 13.2 Å². The number of hydrogen-bond donors (Lipinski definition) is 1. The number of carboxylic acid groups (broad SMARTS) is 1. The molecule has 0 aromatic heterocycles. The summed E-state index contributed by atoms with van der Waals surface area (Å²) < 4.78 is 23.0. The summed E-state index contributed by atoms with van der Waals surface area (Å²) >= 11 is 0. The molecule has 9 nitrogen and oxygen atoms in total. The Hall–Kier alpha value is -4.05. The number of carboxylic acids is 1. The van der Waals surface area contributed by atoms with Gasteiger partial charge in [0, 0.05) is 12.8 Å². The van der Waals surface area contributed by atoms with Crippen molar-refractivity contribution in [3.05, 3.63) is 109 Å². The maximum absolute atomic E-state index is 13.0. The summed E-state index contributed by atoms with van der Waals surface area (Å²) in [6.45, 7) is 4.79. The number of esters is 2. The number of carbonyl (C=O) groups excluding carboxylic acids is 2. The van der Waals surface area contributed by atoms with Crippen LogP contribution in [0.1, 0.15) is 348 Å². The number of aliphatic carboxylic acids is 1. The molecule has 93 heavy (non-hydrogen) atoms. The van der Waals surface area contributed by atoms with Crippen molar-refractivity contribution < 1.29 is 42.9 Å². The number of carbonyl (C=O) groups is 3. The van der Waals surface area contributed by atoms with Crippen molar-refractivity contribution in [2.45, 2.75) is 360 Å². The van der Waals surface area contributed by atoms with Gasteiger partial charge in [-0.1, -0.05) is 342 Å². The molecule has 0 heterocycles. The normalized spacial score (nSPS) is 13.3. The van der Waals surface area contributed by atoms with E-state index in [-0.39, 0.29) is 32.2 Å². The Kier molecular flexibility index (Phi) is 70.5. The first kappa shape index (κ1) is 89.0. The van der Waals surface area contributed by atoms with Gasteiger partial charge in [-0.25, -0.2) is 4.79 Å². The van der Waals surface area contributed by atoms with Crippen LogP contribution in [0.2, 0.25) is 0 Å². The van der Waals surface area contributed by atoms with E-state index in [0.29, 0.717) is 23.9 Å². The molecule has 0 aromatic rings. The van der Waals surface area contributed by atoms with Crippen molar-refractivity contribution in [3.63, 3.8) is 0 Å². The van der Waals surface area contributed by atoms with Crippen LogP contribution in [0.4, 0.5) is 0 Å². The minimum atomic E-state index is -1.52. The van der Waals surface area contributed by atoms with Crippen LogP contribution in [0.25, 0.3) is 0 Å². The van der Waals surface area contributed by atoms with Crippen molar-refractivity contribution in [1.82, 2.24) is 0 Å². The van der Waals surface area contributed by atoms with Crippen molar-refractivity contribution >= 4 is 17.9 Å². The summed E-state index contributed by atoms with van der Waals surface area (Å²) in [6, 6.07) is 0. The number of nitrogens with zero attached hydrogens (tertiary/aromatic N) is 1. The van der Waals surface area contributed by atoms with Crippen molar-refractivity contribution in [2.24, 2.45) is 0 Å². The summed E-state index contributed by atoms with van der Waals surface area (Å²) in [4.78, 5) is 37.7. The second kappa shape index (κ2) is 73.8. The summed E-state index contributed by atoms with van der Waals surface area (Å²) in [5.74, 6) is -2.00. The Labute approximate surface area is 575 Å². The third-order valence-corrected chi connectivity index (χ3v) is 17.0. The number of likely N-dealkylation sites (N-methyl/N-ethyl adjacent to an activating group) is 1. The van der Waals surface area contributed by atoms with E-state index in [4.69, 9.17) is 18.9 Å². The molecule has 0 aliphatic carbocycles. The third-order valence-electron chi connectivity index (χ3n) is 17.0. The van der Waals surface area contributed by atoms with Gasteiger partial charge >= 0.3 is 17.9 Å². The number of quaternary nitrogens is 1. The lowest BCUT2D eigenvalue weighted by molar-refractivity contribution is -0.870. The smallest absolute Gasteiger partial charge is 0.361 e. The molecule has 0 fully saturated rings. The molecule has 2 atom stereocenters. The number of hydrogen-bond acceptors (Lipinski definition) is 7. The Morgan fingerprint density at radius 2 is 0.613 bits per heavy atom. The molecule has 0 amide bonds. The molecule has 0 saturated heterocycles. The molecule has 0 aliphatic heterocycles. The van der Waals surface area contributed by atoms with E-state index < -0.39 is 24.3 Å². The van der Waals surface area contributed by atoms with E-state index in [0.717, 1.165) is 96.3 Å². The van der Waals surface area contributed by atoms with Crippen molar-refractivity contribution in [2.75, 3.05) is 47.5 Å². The molecule has 9 heteroatoms. The number of unbranched alkanes of at least 4 members (excludes halogenated alkanes) is 39. The average molecular weight is 1300 g/mol. The largest absolute Gasteiger partial charge is 0.477 e. The Balaban J connectivity index is 4.05. The first-order chi connectivity index (χ1) is 45.6. The highest BCUT2D eigenvalue weighted by Crippen LogP contribution is 2.18. The topological polar surface area (TPSA) is 108 Å². The molecule has 0 aliphatic rings. The van der Waals surface area contributed by atoms with Crippen LogP contribution in [0.15, 0.2) is 109 Å². The second-order valence-electron chi connectivity index (χ2n) is 27.3. The van der Waals surface area contributed by atoms with Crippen molar-refractivity contribution in [1.29, 1.82) is 0 Å². The highest BCUT2D eigenvalue weighted by Gasteiger charge is 2.25. The molecule has 0 bridgehead atoms. The molecule has 0 radical (unpaired) electrons. The fraction of sp³-hybridized carbons (Fsp3) is 0.750. The molecule has 0 saturated carbocycles. The average Bonchev–Trinajstić information content (AvgIpc) is 3.74. The van der Waals surface area contributed by atoms with Crippen LogP contribution in [-0.4, -0.2) is 87.4 Å². The molecule has 0 spiro atoms. The van der Waals surface area contributed by atoms with Crippen LogP contribution in [0.5, 0.6) is 0 Å². The van der Waals surface area contributed by atoms with E-state index in [1.54, 1.807) is 0 Å². The number of allylic oxidation sites excluding steroid dienone is 18. The predicted molar refractivity (Wildman–Crippen MR) is 401 cm³/mol. The van der Waals surface area contributed by atoms with E-state index in [1.165, 1.54) is 218 Å². The first-order valence-electron chi connectivity index (χ1n) is 39.1. The number of rotatable bonds is 72. The SMILES string of the molecule is CC/C=C\C/C=C\C/C=C\C/C=C\C/C=C\C/C=C\C/C=C\CCCCCCCCCCCCCC(=O)OC(COC(=O)CCCCCCCCCCCCCCCCCCCCCCCCC/C=C\C/C=C\CCCCCCC)COC(OCC[N+](C)(C)C)C(=O)O. The summed E-state index contributed by atoms with van der Waals surface area (Å²) in [7, 11) is 5.98. The van der Waals surface area contributed by atoms with E-state index in [2.05, 4.69) is 123 Å². The minimum absolute atomic E-state index is 0.184. The van der Waals surface area contributed by atoms with Crippen LogP contribution in [-0.2, 0) is 33.3 Å². The predicted octanol–water partition coefficient (Wildman–Crippen LogP) is 24.9. The molecule has 0 aromatic carbocycles. The lowest BCUT2D eigenvalue weighted by Gasteiger charge is -2.25. The zero-order valence-corrected chi connectivity index (χ0v) is 61.4. The second-order valence-corrected chi connectivity index (χ2v) is 27.3. The van der Waals surface area contributed by atoms with Gasteiger partial charge in [-0.15, -0.1) is 0 Å². The van der Waals surface area contributed by atoms with E-state index in [9.17, 15) is 19.5 Å². The van der Waals surface area contributed by atoms with Gasteiger partial charge in [0.05, 0.1) is 34.4 Å². The molecule has 536 valence electrons. The van der Waals surface area contributed by atoms with Crippen LogP contribution >= 0.6 is 0 Å². The van der Waals surface area contributed by atoms with Crippen LogP contribution < -0.4 is 0 Å². The zero-order valence-electron chi connectivity index (χ0n) is 61.4. The van der Waals surface area contributed by atoms with Gasteiger partial charge in [0.15, 0.2) is 6.10 Å². The monoisotopic (exact) mass is 1300 g/mol. The lowest BCUT2D eigenvalue weighted by atomic mass is 10.0. The highest BCUT2D eigenvalue weighted by molar-refractivity contribution is 5.71. The van der Waals surface area contributed by atoms with Gasteiger partial charge in [-0.05, 0) is 103 Å². The Bertz CT molecular complexity index is 1900. The van der Waals surface area contributed by atoms with Crippen LogP contribution in [0, 0.1) is 0 Å². The molecular weight excluding hydrogens is 1150 g/mol. The maximum Gasteiger partial charge on any atom is 0.361 e. The Morgan fingerprint density at radius 3 is 0.914 bits per heavy atom. The summed E-state index contributed by atoms with van der Waals surface area (Å²) in [5, 5.41) is 9.77. The maximum atomic E-state index is 13.0. The molecule has 0 rings (SSSR count). The lowest BCUT2D eigenvalue weighted by Crippen LogP contribution is -2.40. The van der Waals surface area contributed by atoms with Gasteiger partial charge in [-0.2, -0.15) is 0 Å². The summed E-state index contributed by atoms with van der Waals surface area (Å²) in [5.41, 5.74) is 0.